The van der Waals surface area contributed by atoms with E-state index in [-0.39, 0.29) is 5.82 Å². The molecule has 0 radical (unpaired) electrons. The Bertz CT molecular complexity index is 1110. The number of aromatic amines is 1. The summed E-state index contributed by atoms with van der Waals surface area (Å²) in [5, 5.41) is 11.7. The molecule has 0 amide bonds. The van der Waals surface area contributed by atoms with Crippen LogP contribution in [0.3, 0.4) is 0 Å². The zero-order valence-electron chi connectivity index (χ0n) is 13.5. The molecule has 122 valence electrons. The molecule has 0 spiro atoms. The van der Waals surface area contributed by atoms with Gasteiger partial charge in [0.2, 0.25) is 0 Å². The highest BCUT2D eigenvalue weighted by Crippen LogP contribution is 2.43. The van der Waals surface area contributed by atoms with E-state index >= 15 is 0 Å². The fourth-order valence-electron chi connectivity index (χ4n) is 3.57. The van der Waals surface area contributed by atoms with Crippen LogP contribution < -0.4 is 0 Å². The minimum atomic E-state index is -0.323. The van der Waals surface area contributed by atoms with E-state index in [1.165, 1.54) is 11.6 Å². The van der Waals surface area contributed by atoms with E-state index in [0.29, 0.717) is 17.0 Å². The number of benzene rings is 2. The fraction of sp³-hybridized carbons (Fsp3) is 0.100. The number of nitrogens with one attached hydrogen (secondary N) is 1. The minimum Gasteiger partial charge on any atom is -0.360 e. The summed E-state index contributed by atoms with van der Waals surface area (Å²) >= 11 is 0. The number of rotatable bonds is 2. The van der Waals surface area contributed by atoms with E-state index in [0.717, 1.165) is 34.5 Å². The highest BCUT2D eigenvalue weighted by molar-refractivity contribution is 5.87. The minimum absolute atomic E-state index is 0.323. The lowest BCUT2D eigenvalue weighted by Gasteiger charge is -2.04. The number of hydrogen-bond donors (Lipinski definition) is 1. The molecular weight excluding hydrogens is 317 g/mol. The first kappa shape index (κ1) is 14.2. The summed E-state index contributed by atoms with van der Waals surface area (Å²) in [4.78, 5) is 0. The van der Waals surface area contributed by atoms with Crippen molar-refractivity contribution in [2.75, 3.05) is 0 Å². The van der Waals surface area contributed by atoms with Crippen LogP contribution in [0.15, 0.2) is 53.1 Å². The smallest absolute Gasteiger partial charge is 0.143 e. The van der Waals surface area contributed by atoms with Gasteiger partial charge in [0.05, 0.1) is 17.0 Å². The Morgan fingerprint density at radius 1 is 1.00 bits per heavy atom. The Morgan fingerprint density at radius 2 is 1.76 bits per heavy atom. The molecule has 4 nitrogen and oxygen atoms in total. The monoisotopic (exact) mass is 331 g/mol. The average molecular weight is 331 g/mol. The van der Waals surface area contributed by atoms with E-state index in [4.69, 9.17) is 4.52 Å². The van der Waals surface area contributed by atoms with Gasteiger partial charge >= 0.3 is 0 Å². The molecule has 0 saturated carbocycles. The van der Waals surface area contributed by atoms with Crippen molar-refractivity contribution in [3.63, 3.8) is 0 Å². The molecule has 2 aromatic carbocycles. The molecule has 2 heterocycles. The molecule has 25 heavy (non-hydrogen) atoms. The van der Waals surface area contributed by atoms with Gasteiger partial charge in [0.15, 0.2) is 0 Å². The predicted molar refractivity (Wildman–Crippen MR) is 92.5 cm³/mol. The molecule has 5 heteroatoms. The second kappa shape index (κ2) is 5.14. The second-order valence-electron chi connectivity index (χ2n) is 6.20. The predicted octanol–water partition coefficient (Wildman–Crippen LogP) is 4.75. The Morgan fingerprint density at radius 3 is 2.60 bits per heavy atom. The van der Waals surface area contributed by atoms with Crippen molar-refractivity contribution < 1.29 is 8.91 Å². The van der Waals surface area contributed by atoms with Gasteiger partial charge in [0, 0.05) is 23.1 Å². The largest absolute Gasteiger partial charge is 0.360 e. The van der Waals surface area contributed by atoms with Crippen LogP contribution in [0.4, 0.5) is 4.39 Å². The maximum Gasteiger partial charge on any atom is 0.143 e. The lowest BCUT2D eigenvalue weighted by Crippen LogP contribution is -1.91. The summed E-state index contributed by atoms with van der Waals surface area (Å²) in [6.07, 6.45) is 0.790. The van der Waals surface area contributed by atoms with Crippen LogP contribution in [0, 0.1) is 12.7 Å². The normalized spacial score (nSPS) is 12.2. The van der Waals surface area contributed by atoms with Crippen molar-refractivity contribution in [1.82, 2.24) is 15.4 Å². The molecule has 0 unspecified atom stereocenters. The van der Waals surface area contributed by atoms with Gasteiger partial charge in [-0.3, -0.25) is 5.10 Å². The molecule has 5 rings (SSSR count). The Hall–Kier alpha value is -3.21. The van der Waals surface area contributed by atoms with Gasteiger partial charge in [0.25, 0.3) is 0 Å². The topological polar surface area (TPSA) is 54.7 Å². The molecular formula is C20H14FN3O. The van der Waals surface area contributed by atoms with Crippen LogP contribution in [0.25, 0.3) is 33.8 Å². The van der Waals surface area contributed by atoms with E-state index in [2.05, 4.69) is 27.5 Å². The van der Waals surface area contributed by atoms with Crippen molar-refractivity contribution in [1.29, 1.82) is 0 Å². The van der Waals surface area contributed by atoms with Gasteiger partial charge in [-0.05, 0) is 24.6 Å². The van der Waals surface area contributed by atoms with E-state index < -0.39 is 0 Å². The molecule has 1 aliphatic rings. The van der Waals surface area contributed by atoms with Gasteiger partial charge in [-0.1, -0.05) is 41.6 Å². The first-order chi connectivity index (χ1) is 12.2. The van der Waals surface area contributed by atoms with Crippen molar-refractivity contribution in [2.24, 2.45) is 0 Å². The Labute approximate surface area is 143 Å². The van der Waals surface area contributed by atoms with Crippen LogP contribution in [0.2, 0.25) is 0 Å². The zero-order chi connectivity index (χ0) is 17.0. The highest BCUT2D eigenvalue weighted by Gasteiger charge is 2.29. The van der Waals surface area contributed by atoms with Crippen molar-refractivity contribution in [3.8, 4) is 33.8 Å². The number of halogens is 1. The molecule has 4 aromatic rings. The Balaban J connectivity index is 1.72. The van der Waals surface area contributed by atoms with Gasteiger partial charge in [-0.15, -0.1) is 0 Å². The third-order valence-corrected chi connectivity index (χ3v) is 4.75. The maximum absolute atomic E-state index is 14.3. The molecule has 0 bridgehead atoms. The van der Waals surface area contributed by atoms with Gasteiger partial charge in [-0.2, -0.15) is 5.10 Å². The number of fused-ring (bicyclic) bond motifs is 3. The lowest BCUT2D eigenvalue weighted by atomic mass is 9.99. The average Bonchev–Trinajstić information content (AvgIpc) is 3.29. The molecule has 1 aliphatic carbocycles. The van der Waals surface area contributed by atoms with E-state index in [1.54, 1.807) is 18.2 Å². The third kappa shape index (κ3) is 1.99. The number of H-pyrrole nitrogens is 1. The second-order valence-corrected chi connectivity index (χ2v) is 6.20. The summed E-state index contributed by atoms with van der Waals surface area (Å²) in [6, 6.07) is 14.8. The zero-order valence-corrected chi connectivity index (χ0v) is 13.5. The van der Waals surface area contributed by atoms with Crippen LogP contribution in [-0.2, 0) is 6.42 Å². The maximum atomic E-state index is 14.3. The number of aromatic nitrogens is 3. The summed E-state index contributed by atoms with van der Waals surface area (Å²) in [7, 11) is 0. The number of aryl methyl sites for hydroxylation is 1. The van der Waals surface area contributed by atoms with Crippen molar-refractivity contribution in [3.05, 3.63) is 71.2 Å². The molecule has 2 aromatic heterocycles. The SMILES string of the molecule is Cc1onc(-c2ccccc2F)c1-c1[nH]nc2c1Cc1ccccc1-2. The molecule has 0 saturated heterocycles. The van der Waals surface area contributed by atoms with Crippen LogP contribution in [-0.4, -0.2) is 15.4 Å². The quantitative estimate of drug-likeness (QED) is 0.508. The molecule has 0 atom stereocenters. The van der Waals surface area contributed by atoms with Gasteiger partial charge in [0.1, 0.15) is 17.3 Å². The first-order valence-electron chi connectivity index (χ1n) is 8.11. The molecule has 0 aliphatic heterocycles. The molecule has 0 fully saturated rings. The summed E-state index contributed by atoms with van der Waals surface area (Å²) in [5.41, 5.74) is 6.98. The standard InChI is InChI=1S/C20H14FN3O/c1-11-17(20(24-25-11)14-8-4-5-9-16(14)21)19-15-10-12-6-2-3-7-13(12)18(15)22-23-19/h2-9H,10H2,1H3,(H,22,23). The summed E-state index contributed by atoms with van der Waals surface area (Å²) in [5.74, 6) is 0.317. The van der Waals surface area contributed by atoms with Crippen LogP contribution in [0.5, 0.6) is 0 Å². The van der Waals surface area contributed by atoms with Crippen LogP contribution >= 0.6 is 0 Å². The number of nitrogens with zero attached hydrogens (tertiary/aromatic N) is 2. The third-order valence-electron chi connectivity index (χ3n) is 4.75. The molecule has 1 N–H and O–H groups in total. The Kier molecular flexibility index (Phi) is 2.91. The fourth-order valence-corrected chi connectivity index (χ4v) is 3.57. The van der Waals surface area contributed by atoms with E-state index in [1.807, 2.05) is 19.1 Å². The first-order valence-corrected chi connectivity index (χ1v) is 8.11. The highest BCUT2D eigenvalue weighted by atomic mass is 19.1. The summed E-state index contributed by atoms with van der Waals surface area (Å²) < 4.78 is 19.7. The van der Waals surface area contributed by atoms with Gasteiger partial charge < -0.3 is 4.52 Å². The number of hydrogen-bond acceptors (Lipinski definition) is 3. The lowest BCUT2D eigenvalue weighted by molar-refractivity contribution is 0.399. The van der Waals surface area contributed by atoms with Crippen molar-refractivity contribution >= 4 is 0 Å². The van der Waals surface area contributed by atoms with E-state index in [9.17, 15) is 4.39 Å². The van der Waals surface area contributed by atoms with Gasteiger partial charge in [-0.25, -0.2) is 4.39 Å². The summed E-state index contributed by atoms with van der Waals surface area (Å²) in [6.45, 7) is 1.84. The van der Waals surface area contributed by atoms with Crippen molar-refractivity contribution in [2.45, 2.75) is 13.3 Å². The van der Waals surface area contributed by atoms with Crippen LogP contribution in [0.1, 0.15) is 16.9 Å².